The van der Waals surface area contributed by atoms with Gasteiger partial charge in [-0.2, -0.15) is 0 Å². The van der Waals surface area contributed by atoms with Gasteiger partial charge in [0.1, 0.15) is 10.7 Å². The molecule has 0 aromatic heterocycles. The quantitative estimate of drug-likeness (QED) is 0.855. The summed E-state index contributed by atoms with van der Waals surface area (Å²) in [7, 11) is 0. The lowest BCUT2D eigenvalue weighted by Crippen LogP contribution is -2.10. The van der Waals surface area contributed by atoms with E-state index in [0.29, 0.717) is 10.6 Å². The van der Waals surface area contributed by atoms with E-state index in [4.69, 9.17) is 22.1 Å². The predicted octanol–water partition coefficient (Wildman–Crippen LogP) is 4.35. The molecule has 2 aromatic rings. The van der Waals surface area contributed by atoms with Crippen molar-refractivity contribution in [1.82, 2.24) is 0 Å². The van der Waals surface area contributed by atoms with Crippen LogP contribution in [-0.4, -0.2) is 4.99 Å². The summed E-state index contributed by atoms with van der Waals surface area (Å²) < 4.78 is 33.0. The summed E-state index contributed by atoms with van der Waals surface area (Å²) in [6.07, 6.45) is 0. The Morgan fingerprint density at radius 1 is 1.20 bits per heavy atom. The van der Waals surface area contributed by atoms with Crippen molar-refractivity contribution >= 4 is 28.8 Å². The monoisotopic (exact) mass is 313 g/mol. The predicted molar refractivity (Wildman–Crippen MR) is 78.5 cm³/mol. The Labute approximate surface area is 125 Å². The number of benzene rings is 2. The molecule has 0 aliphatic carbocycles. The van der Waals surface area contributed by atoms with Gasteiger partial charge in [-0.25, -0.2) is 8.78 Å². The number of nitrogens with two attached hydrogens (primary N) is 1. The van der Waals surface area contributed by atoms with E-state index in [9.17, 15) is 8.78 Å². The molecule has 0 spiro atoms. The Bertz CT molecular complexity index is 668. The molecular weight excluding hydrogens is 304 g/mol. The fourth-order valence-corrected chi connectivity index (χ4v) is 1.87. The highest BCUT2D eigenvalue weighted by Crippen LogP contribution is 2.32. The van der Waals surface area contributed by atoms with Gasteiger partial charge in [-0.1, -0.05) is 29.9 Å². The summed E-state index contributed by atoms with van der Waals surface area (Å²) in [5.74, 6) is -2.01. The van der Waals surface area contributed by atoms with Gasteiger partial charge in [0.2, 0.25) is 0 Å². The van der Waals surface area contributed by atoms with Crippen LogP contribution in [0, 0.1) is 18.6 Å². The van der Waals surface area contributed by atoms with Crippen LogP contribution < -0.4 is 10.5 Å². The van der Waals surface area contributed by atoms with Gasteiger partial charge in [0.25, 0.3) is 0 Å². The van der Waals surface area contributed by atoms with Crippen molar-refractivity contribution < 1.29 is 13.5 Å². The van der Waals surface area contributed by atoms with Crippen LogP contribution in [0.25, 0.3) is 0 Å². The van der Waals surface area contributed by atoms with Gasteiger partial charge < -0.3 is 10.5 Å². The van der Waals surface area contributed by atoms with E-state index in [1.54, 1.807) is 19.1 Å². The van der Waals surface area contributed by atoms with E-state index in [-0.39, 0.29) is 16.3 Å². The summed E-state index contributed by atoms with van der Waals surface area (Å²) in [5, 5.41) is 0.408. The fraction of sp³-hybridized carbons (Fsp3) is 0.0714. The number of rotatable bonds is 3. The normalized spacial score (nSPS) is 10.4. The first-order chi connectivity index (χ1) is 9.38. The molecule has 0 aliphatic rings. The zero-order valence-electron chi connectivity index (χ0n) is 10.4. The van der Waals surface area contributed by atoms with Gasteiger partial charge in [-0.15, -0.1) is 0 Å². The standard InChI is InChI=1S/C14H10ClF2NOS/c1-7-2-3-9(15)6-12(7)19-13-10(16)4-8(14(18)20)5-11(13)17/h2-6H,1H3,(H2,18,20). The number of aryl methyl sites for hydroxylation is 1. The highest BCUT2D eigenvalue weighted by Gasteiger charge is 2.15. The average molecular weight is 314 g/mol. The van der Waals surface area contributed by atoms with Crippen molar-refractivity contribution in [2.24, 2.45) is 5.73 Å². The summed E-state index contributed by atoms with van der Waals surface area (Å²) >= 11 is 10.5. The summed E-state index contributed by atoms with van der Waals surface area (Å²) in [5.41, 5.74) is 6.14. The second kappa shape index (κ2) is 5.73. The van der Waals surface area contributed by atoms with Crippen molar-refractivity contribution in [2.75, 3.05) is 0 Å². The van der Waals surface area contributed by atoms with E-state index in [2.05, 4.69) is 12.2 Å². The van der Waals surface area contributed by atoms with Crippen molar-refractivity contribution in [3.05, 3.63) is 58.1 Å². The molecule has 0 amide bonds. The van der Waals surface area contributed by atoms with Crippen LogP contribution in [0.15, 0.2) is 30.3 Å². The first kappa shape index (κ1) is 14.7. The molecule has 0 saturated carbocycles. The van der Waals surface area contributed by atoms with Crippen molar-refractivity contribution in [3.8, 4) is 11.5 Å². The highest BCUT2D eigenvalue weighted by molar-refractivity contribution is 7.80. The minimum absolute atomic E-state index is 0.0895. The average Bonchev–Trinajstić information content (AvgIpc) is 2.37. The van der Waals surface area contributed by atoms with Gasteiger partial charge in [0.05, 0.1) is 0 Å². The lowest BCUT2D eigenvalue weighted by molar-refractivity contribution is 0.405. The molecule has 104 valence electrons. The molecule has 0 heterocycles. The topological polar surface area (TPSA) is 35.2 Å². The van der Waals surface area contributed by atoms with Crippen molar-refractivity contribution in [3.63, 3.8) is 0 Å². The van der Waals surface area contributed by atoms with E-state index in [1.165, 1.54) is 6.07 Å². The molecular formula is C14H10ClF2NOS. The van der Waals surface area contributed by atoms with Gasteiger partial charge in [-0.3, -0.25) is 0 Å². The summed E-state index contributed by atoms with van der Waals surface area (Å²) in [6.45, 7) is 1.74. The van der Waals surface area contributed by atoms with Crippen LogP contribution in [0.2, 0.25) is 5.02 Å². The van der Waals surface area contributed by atoms with E-state index in [1.807, 2.05) is 0 Å². The second-order valence-corrected chi connectivity index (χ2v) is 5.02. The third-order valence-corrected chi connectivity index (χ3v) is 3.12. The lowest BCUT2D eigenvalue weighted by Gasteiger charge is -2.11. The fourth-order valence-electron chi connectivity index (χ4n) is 1.59. The summed E-state index contributed by atoms with van der Waals surface area (Å²) in [4.78, 5) is -0.0895. The molecule has 2 nitrogen and oxygen atoms in total. The van der Waals surface area contributed by atoms with Crippen LogP contribution in [0.5, 0.6) is 11.5 Å². The molecule has 20 heavy (non-hydrogen) atoms. The van der Waals surface area contributed by atoms with Crippen molar-refractivity contribution in [2.45, 2.75) is 6.92 Å². The van der Waals surface area contributed by atoms with Gasteiger partial charge in [-0.05, 0) is 36.8 Å². The third kappa shape index (κ3) is 3.05. The minimum Gasteiger partial charge on any atom is -0.451 e. The highest BCUT2D eigenvalue weighted by atomic mass is 35.5. The molecule has 0 unspecified atom stereocenters. The maximum atomic E-state index is 13.9. The maximum Gasteiger partial charge on any atom is 0.198 e. The van der Waals surface area contributed by atoms with Gasteiger partial charge in [0.15, 0.2) is 17.4 Å². The Kier molecular flexibility index (Phi) is 4.20. The number of ether oxygens (including phenoxy) is 1. The van der Waals surface area contributed by atoms with Gasteiger partial charge >= 0.3 is 0 Å². The molecule has 2 aromatic carbocycles. The second-order valence-electron chi connectivity index (χ2n) is 4.15. The molecule has 2 N–H and O–H groups in total. The largest absolute Gasteiger partial charge is 0.451 e. The molecule has 0 fully saturated rings. The first-order valence-electron chi connectivity index (χ1n) is 5.61. The van der Waals surface area contributed by atoms with Crippen LogP contribution in [0.3, 0.4) is 0 Å². The Balaban J connectivity index is 2.44. The van der Waals surface area contributed by atoms with Crippen LogP contribution in [0.1, 0.15) is 11.1 Å². The maximum absolute atomic E-state index is 13.9. The number of hydrogen-bond donors (Lipinski definition) is 1. The zero-order valence-corrected chi connectivity index (χ0v) is 12.0. The van der Waals surface area contributed by atoms with Crippen LogP contribution in [0.4, 0.5) is 8.78 Å². The van der Waals surface area contributed by atoms with Crippen LogP contribution in [-0.2, 0) is 0 Å². The molecule has 2 rings (SSSR count). The zero-order chi connectivity index (χ0) is 14.9. The molecule has 6 heteroatoms. The SMILES string of the molecule is Cc1ccc(Cl)cc1Oc1c(F)cc(C(N)=S)cc1F. The molecule has 0 saturated heterocycles. The molecule has 0 bridgehead atoms. The first-order valence-corrected chi connectivity index (χ1v) is 6.40. The van der Waals surface area contributed by atoms with Crippen molar-refractivity contribution in [1.29, 1.82) is 0 Å². The minimum atomic E-state index is -0.882. The molecule has 0 aliphatic heterocycles. The molecule has 0 atom stereocenters. The lowest BCUT2D eigenvalue weighted by atomic mass is 10.2. The summed E-state index contributed by atoms with van der Waals surface area (Å²) in [6, 6.07) is 6.89. The number of thiocarbonyl (C=S) groups is 1. The van der Waals surface area contributed by atoms with E-state index in [0.717, 1.165) is 12.1 Å². The number of hydrogen-bond acceptors (Lipinski definition) is 2. The number of halogens is 3. The Morgan fingerprint density at radius 2 is 1.80 bits per heavy atom. The smallest absolute Gasteiger partial charge is 0.198 e. The van der Waals surface area contributed by atoms with Gasteiger partial charge in [0, 0.05) is 10.6 Å². The Morgan fingerprint density at radius 3 is 2.35 bits per heavy atom. The van der Waals surface area contributed by atoms with Crippen LogP contribution >= 0.6 is 23.8 Å². The van der Waals surface area contributed by atoms with E-state index >= 15 is 0 Å². The Hall–Kier alpha value is -1.72. The third-order valence-electron chi connectivity index (χ3n) is 2.65. The molecule has 0 radical (unpaired) electrons. The van der Waals surface area contributed by atoms with E-state index < -0.39 is 17.4 Å².